The van der Waals surface area contributed by atoms with Crippen LogP contribution in [-0.2, 0) is 34.1 Å². The molecule has 130 valence electrons. The highest BCUT2D eigenvalue weighted by Crippen LogP contribution is 2.18. The van der Waals surface area contributed by atoms with E-state index in [0.717, 1.165) is 23.2 Å². The molecule has 2 aromatic rings. The van der Waals surface area contributed by atoms with Gasteiger partial charge in [-0.05, 0) is 30.9 Å². The summed E-state index contributed by atoms with van der Waals surface area (Å²) in [5.74, 6) is 4.86. The number of anilines is 1. The van der Waals surface area contributed by atoms with Crippen LogP contribution in [0, 0.1) is 0 Å². The van der Waals surface area contributed by atoms with Gasteiger partial charge in [0.25, 0.3) is 0 Å². The number of rotatable bonds is 8. The van der Waals surface area contributed by atoms with Crippen molar-refractivity contribution >= 4 is 32.4 Å². The van der Waals surface area contributed by atoms with E-state index >= 15 is 0 Å². The lowest BCUT2D eigenvalue weighted by Gasteiger charge is -2.03. The molecule has 24 heavy (non-hydrogen) atoms. The van der Waals surface area contributed by atoms with E-state index in [0.29, 0.717) is 11.6 Å². The van der Waals surface area contributed by atoms with E-state index in [1.165, 1.54) is 11.3 Å². The van der Waals surface area contributed by atoms with Crippen LogP contribution in [0.15, 0.2) is 29.6 Å². The highest BCUT2D eigenvalue weighted by Gasteiger charge is 2.10. The topological polar surface area (TPSA) is 114 Å². The molecule has 4 N–H and O–H groups in total. The predicted molar refractivity (Wildman–Crippen MR) is 95.1 cm³/mol. The Labute approximate surface area is 145 Å². The summed E-state index contributed by atoms with van der Waals surface area (Å²) in [6.07, 6.45) is 1.75. The fourth-order valence-electron chi connectivity index (χ4n) is 2.01. The summed E-state index contributed by atoms with van der Waals surface area (Å²) in [5.41, 5.74) is 4.97. The van der Waals surface area contributed by atoms with Gasteiger partial charge in [-0.3, -0.25) is 14.9 Å². The van der Waals surface area contributed by atoms with Crippen molar-refractivity contribution in [2.75, 3.05) is 10.5 Å². The van der Waals surface area contributed by atoms with Gasteiger partial charge < -0.3 is 0 Å². The van der Waals surface area contributed by atoms with Crippen molar-refractivity contribution in [3.8, 4) is 0 Å². The predicted octanol–water partition coefficient (Wildman–Crippen LogP) is 1.22. The first-order chi connectivity index (χ1) is 11.4. The number of aromatic nitrogens is 1. The Morgan fingerprint density at radius 1 is 1.21 bits per heavy atom. The molecular weight excluding hydrogens is 348 g/mol. The highest BCUT2D eigenvalue weighted by molar-refractivity contribution is 7.92. The lowest BCUT2D eigenvalue weighted by atomic mass is 10.0. The third-order valence-corrected chi connectivity index (χ3v) is 5.59. The van der Waals surface area contributed by atoms with E-state index in [4.69, 9.17) is 5.84 Å². The van der Waals surface area contributed by atoms with Crippen molar-refractivity contribution < 1.29 is 13.2 Å². The largest absolute Gasteiger partial charge is 0.294 e. The number of benzene rings is 1. The van der Waals surface area contributed by atoms with Crippen LogP contribution in [0.1, 0.15) is 23.7 Å². The summed E-state index contributed by atoms with van der Waals surface area (Å²) in [6, 6.07) is 7.72. The Balaban J connectivity index is 1.89. The van der Waals surface area contributed by atoms with E-state index in [2.05, 4.69) is 15.1 Å². The minimum atomic E-state index is -3.29. The number of carbonyl (C=O) groups excluding carboxylic acids is 1. The van der Waals surface area contributed by atoms with Crippen LogP contribution in [-0.4, -0.2) is 25.1 Å². The Hall–Kier alpha value is -1.97. The highest BCUT2D eigenvalue weighted by atomic mass is 32.2. The summed E-state index contributed by atoms with van der Waals surface area (Å²) < 4.78 is 25.5. The number of thiazole rings is 1. The van der Waals surface area contributed by atoms with Gasteiger partial charge in [-0.25, -0.2) is 19.2 Å². The SMILES string of the molecule is CCS(=O)(=O)Nc1nc(CCc2ccc(CC(=O)NN)cc2)cs1. The van der Waals surface area contributed by atoms with Gasteiger partial charge in [0.1, 0.15) is 0 Å². The maximum absolute atomic E-state index is 11.5. The van der Waals surface area contributed by atoms with Crippen LogP contribution >= 0.6 is 11.3 Å². The fraction of sp³-hybridized carbons (Fsp3) is 0.333. The molecule has 2 rings (SSSR count). The zero-order chi connectivity index (χ0) is 17.6. The van der Waals surface area contributed by atoms with Crippen LogP contribution < -0.4 is 16.0 Å². The lowest BCUT2D eigenvalue weighted by Crippen LogP contribution is -2.31. The molecular formula is C15H20N4O3S2. The Morgan fingerprint density at radius 3 is 2.50 bits per heavy atom. The average Bonchev–Trinajstić information content (AvgIpc) is 3.00. The van der Waals surface area contributed by atoms with Crippen LogP contribution in [0.4, 0.5) is 5.13 Å². The Bertz CT molecular complexity index is 785. The fourth-order valence-corrected chi connectivity index (χ4v) is 3.62. The number of hydrazine groups is 1. The van der Waals surface area contributed by atoms with Gasteiger partial charge in [-0.1, -0.05) is 24.3 Å². The van der Waals surface area contributed by atoms with E-state index in [1.54, 1.807) is 6.92 Å². The lowest BCUT2D eigenvalue weighted by molar-refractivity contribution is -0.120. The number of nitrogens with zero attached hydrogens (tertiary/aromatic N) is 1. The molecule has 7 nitrogen and oxygen atoms in total. The molecule has 0 aliphatic rings. The zero-order valence-corrected chi connectivity index (χ0v) is 14.9. The van der Waals surface area contributed by atoms with Crippen molar-refractivity contribution in [2.24, 2.45) is 5.84 Å². The van der Waals surface area contributed by atoms with Gasteiger partial charge in [0, 0.05) is 5.38 Å². The van der Waals surface area contributed by atoms with Gasteiger partial charge in [-0.15, -0.1) is 11.3 Å². The van der Waals surface area contributed by atoms with E-state index in [1.807, 2.05) is 29.6 Å². The van der Waals surface area contributed by atoms with E-state index < -0.39 is 10.0 Å². The smallest absolute Gasteiger partial charge is 0.238 e. The number of hydrogen-bond acceptors (Lipinski definition) is 6. The molecule has 0 aliphatic carbocycles. The first kappa shape index (κ1) is 18.4. The Morgan fingerprint density at radius 2 is 1.88 bits per heavy atom. The Kier molecular flexibility index (Phi) is 6.29. The molecule has 9 heteroatoms. The number of aryl methyl sites for hydroxylation is 2. The van der Waals surface area contributed by atoms with Crippen molar-refractivity contribution in [3.63, 3.8) is 0 Å². The number of amides is 1. The zero-order valence-electron chi connectivity index (χ0n) is 13.3. The summed E-state index contributed by atoms with van der Waals surface area (Å²) in [7, 11) is -3.29. The number of carbonyl (C=O) groups is 1. The van der Waals surface area contributed by atoms with Gasteiger partial charge in [-0.2, -0.15) is 0 Å². The maximum atomic E-state index is 11.5. The number of nitrogens with two attached hydrogens (primary N) is 1. The molecule has 0 saturated carbocycles. The molecule has 1 heterocycles. The van der Waals surface area contributed by atoms with Crippen molar-refractivity contribution in [2.45, 2.75) is 26.2 Å². The molecule has 0 spiro atoms. The second-order valence-corrected chi connectivity index (χ2v) is 8.08. The van der Waals surface area contributed by atoms with Crippen LogP contribution in [0.5, 0.6) is 0 Å². The molecule has 0 unspecified atom stereocenters. The molecule has 0 aliphatic heterocycles. The molecule has 0 bridgehead atoms. The molecule has 1 amide bonds. The maximum Gasteiger partial charge on any atom is 0.238 e. The second-order valence-electron chi connectivity index (χ2n) is 5.21. The monoisotopic (exact) mass is 368 g/mol. The minimum Gasteiger partial charge on any atom is -0.294 e. The number of nitrogens with one attached hydrogen (secondary N) is 2. The van der Waals surface area contributed by atoms with Gasteiger partial charge in [0.05, 0.1) is 17.9 Å². The molecule has 0 atom stereocenters. The van der Waals surface area contributed by atoms with Crippen LogP contribution in [0.3, 0.4) is 0 Å². The first-order valence-corrected chi connectivity index (χ1v) is 9.97. The molecule has 1 aromatic carbocycles. The molecule has 0 fully saturated rings. The summed E-state index contributed by atoms with van der Waals surface area (Å²) in [6.45, 7) is 1.58. The van der Waals surface area contributed by atoms with Crippen LogP contribution in [0.25, 0.3) is 0 Å². The normalized spacial score (nSPS) is 11.2. The van der Waals surface area contributed by atoms with E-state index in [-0.39, 0.29) is 18.1 Å². The van der Waals surface area contributed by atoms with Gasteiger partial charge >= 0.3 is 0 Å². The third kappa shape index (κ3) is 5.59. The summed E-state index contributed by atoms with van der Waals surface area (Å²) >= 11 is 1.28. The summed E-state index contributed by atoms with van der Waals surface area (Å²) in [4.78, 5) is 15.5. The molecule has 1 aromatic heterocycles. The average molecular weight is 368 g/mol. The first-order valence-electron chi connectivity index (χ1n) is 7.44. The number of hydrogen-bond donors (Lipinski definition) is 3. The van der Waals surface area contributed by atoms with E-state index in [9.17, 15) is 13.2 Å². The third-order valence-electron chi connectivity index (χ3n) is 3.39. The van der Waals surface area contributed by atoms with Crippen molar-refractivity contribution in [1.29, 1.82) is 0 Å². The van der Waals surface area contributed by atoms with Crippen molar-refractivity contribution in [1.82, 2.24) is 10.4 Å². The molecule has 0 radical (unpaired) electrons. The minimum absolute atomic E-state index is 0.0242. The van der Waals surface area contributed by atoms with Gasteiger partial charge in [0.15, 0.2) is 5.13 Å². The van der Waals surface area contributed by atoms with Crippen LogP contribution in [0.2, 0.25) is 0 Å². The summed E-state index contributed by atoms with van der Waals surface area (Å²) in [5, 5.41) is 2.25. The van der Waals surface area contributed by atoms with Gasteiger partial charge in [0.2, 0.25) is 15.9 Å². The van der Waals surface area contributed by atoms with Crippen molar-refractivity contribution in [3.05, 3.63) is 46.5 Å². The number of sulfonamides is 1. The standard InChI is InChI=1S/C15H20N4O3S2/c1-2-24(21,22)19-15-17-13(10-23-15)8-7-11-3-5-12(6-4-11)9-14(20)18-16/h3-6,10H,2,7-9,16H2,1H3,(H,17,19)(H,18,20). The quantitative estimate of drug-likeness (QED) is 0.368. The molecule has 0 saturated heterocycles. The second kappa shape index (κ2) is 8.22.